The van der Waals surface area contributed by atoms with Gasteiger partial charge in [-0.05, 0) is 49.1 Å². The SMILES string of the molecule is CC[C@H](C(=O)NC1CCCC1)N(Cc1ccc(Cl)cc1)C(=O)COc1ccccc1. The summed E-state index contributed by atoms with van der Waals surface area (Å²) in [6, 6.07) is 16.2. The molecule has 0 heterocycles. The third-order valence-corrected chi connectivity index (χ3v) is 5.71. The van der Waals surface area contributed by atoms with Crippen LogP contribution < -0.4 is 10.1 Å². The Morgan fingerprint density at radius 2 is 1.77 bits per heavy atom. The number of para-hydroxylation sites is 1. The minimum Gasteiger partial charge on any atom is -0.484 e. The molecule has 0 bridgehead atoms. The Bertz CT molecular complexity index is 820. The van der Waals surface area contributed by atoms with Gasteiger partial charge in [-0.15, -0.1) is 0 Å². The molecule has 2 aromatic rings. The van der Waals surface area contributed by atoms with E-state index in [-0.39, 0.29) is 24.5 Å². The number of nitrogens with zero attached hydrogens (tertiary/aromatic N) is 1. The predicted molar refractivity (Wildman–Crippen MR) is 118 cm³/mol. The molecular formula is C24H29ClN2O3. The van der Waals surface area contributed by atoms with Gasteiger partial charge in [-0.1, -0.05) is 61.7 Å². The molecule has 160 valence electrons. The zero-order chi connectivity index (χ0) is 21.3. The highest BCUT2D eigenvalue weighted by atomic mass is 35.5. The van der Waals surface area contributed by atoms with Gasteiger partial charge in [0.15, 0.2) is 6.61 Å². The molecule has 2 amide bonds. The Labute approximate surface area is 183 Å². The number of hydrogen-bond acceptors (Lipinski definition) is 3. The molecular weight excluding hydrogens is 400 g/mol. The van der Waals surface area contributed by atoms with Crippen LogP contribution in [-0.4, -0.2) is 35.4 Å². The van der Waals surface area contributed by atoms with E-state index in [4.69, 9.17) is 16.3 Å². The maximum absolute atomic E-state index is 13.1. The van der Waals surface area contributed by atoms with Crippen LogP contribution in [0, 0.1) is 0 Å². The number of nitrogens with one attached hydrogen (secondary N) is 1. The molecule has 2 aromatic carbocycles. The molecule has 1 fully saturated rings. The van der Waals surface area contributed by atoms with E-state index >= 15 is 0 Å². The number of carbonyl (C=O) groups is 2. The van der Waals surface area contributed by atoms with Crippen LogP contribution in [0.25, 0.3) is 0 Å². The van der Waals surface area contributed by atoms with Crippen molar-refractivity contribution in [1.29, 1.82) is 0 Å². The van der Waals surface area contributed by atoms with Gasteiger partial charge in [0.25, 0.3) is 5.91 Å². The Morgan fingerprint density at radius 3 is 2.40 bits per heavy atom. The highest BCUT2D eigenvalue weighted by Crippen LogP contribution is 2.20. The molecule has 1 atom stereocenters. The van der Waals surface area contributed by atoms with Crippen LogP contribution >= 0.6 is 11.6 Å². The summed E-state index contributed by atoms with van der Waals surface area (Å²) in [7, 11) is 0. The van der Waals surface area contributed by atoms with Crippen LogP contribution in [0.1, 0.15) is 44.6 Å². The Morgan fingerprint density at radius 1 is 1.10 bits per heavy atom. The summed E-state index contributed by atoms with van der Waals surface area (Å²) in [6.07, 6.45) is 4.82. The molecule has 0 spiro atoms. The molecule has 0 aromatic heterocycles. The average Bonchev–Trinajstić information content (AvgIpc) is 3.27. The van der Waals surface area contributed by atoms with Gasteiger partial charge >= 0.3 is 0 Å². The summed E-state index contributed by atoms with van der Waals surface area (Å²) in [5.74, 6) is 0.314. The quantitative estimate of drug-likeness (QED) is 0.635. The number of amides is 2. The molecule has 0 aliphatic heterocycles. The smallest absolute Gasteiger partial charge is 0.261 e. The van der Waals surface area contributed by atoms with E-state index in [2.05, 4.69) is 5.32 Å². The first kappa shape index (κ1) is 22.2. The first-order chi connectivity index (χ1) is 14.6. The number of hydrogen-bond donors (Lipinski definition) is 1. The van der Waals surface area contributed by atoms with Crippen molar-refractivity contribution in [1.82, 2.24) is 10.2 Å². The van der Waals surface area contributed by atoms with Gasteiger partial charge in [0.2, 0.25) is 5.91 Å². The Balaban J connectivity index is 1.74. The topological polar surface area (TPSA) is 58.6 Å². The number of carbonyl (C=O) groups excluding carboxylic acids is 2. The molecule has 1 N–H and O–H groups in total. The third kappa shape index (κ3) is 6.23. The largest absolute Gasteiger partial charge is 0.484 e. The van der Waals surface area contributed by atoms with Crippen molar-refractivity contribution in [2.24, 2.45) is 0 Å². The second-order valence-electron chi connectivity index (χ2n) is 7.66. The Kier molecular flexibility index (Phi) is 8.14. The predicted octanol–water partition coefficient (Wildman–Crippen LogP) is 4.59. The van der Waals surface area contributed by atoms with Gasteiger partial charge in [0, 0.05) is 17.6 Å². The lowest BCUT2D eigenvalue weighted by Gasteiger charge is -2.31. The van der Waals surface area contributed by atoms with Crippen molar-refractivity contribution in [2.45, 2.75) is 57.7 Å². The van der Waals surface area contributed by atoms with E-state index in [9.17, 15) is 9.59 Å². The van der Waals surface area contributed by atoms with Crippen LogP contribution in [0.15, 0.2) is 54.6 Å². The van der Waals surface area contributed by atoms with Gasteiger partial charge in [-0.3, -0.25) is 9.59 Å². The third-order valence-electron chi connectivity index (χ3n) is 5.46. The van der Waals surface area contributed by atoms with Crippen LogP contribution in [-0.2, 0) is 16.1 Å². The molecule has 30 heavy (non-hydrogen) atoms. The van der Waals surface area contributed by atoms with Gasteiger partial charge in [0.05, 0.1) is 0 Å². The zero-order valence-electron chi connectivity index (χ0n) is 17.4. The van der Waals surface area contributed by atoms with Crippen LogP contribution in [0.5, 0.6) is 5.75 Å². The summed E-state index contributed by atoms with van der Waals surface area (Å²) < 4.78 is 5.67. The minimum atomic E-state index is -0.548. The normalized spacial score (nSPS) is 14.9. The van der Waals surface area contributed by atoms with Crippen LogP contribution in [0.3, 0.4) is 0 Å². The van der Waals surface area contributed by atoms with Crippen molar-refractivity contribution in [3.05, 3.63) is 65.2 Å². The summed E-state index contributed by atoms with van der Waals surface area (Å²) in [5, 5.41) is 3.77. The maximum atomic E-state index is 13.1. The fraction of sp³-hybridized carbons (Fsp3) is 0.417. The maximum Gasteiger partial charge on any atom is 0.261 e. The number of rotatable bonds is 9. The molecule has 5 nitrogen and oxygen atoms in total. The first-order valence-electron chi connectivity index (χ1n) is 10.6. The number of halogens is 1. The summed E-state index contributed by atoms with van der Waals surface area (Å²) in [4.78, 5) is 27.8. The van der Waals surface area contributed by atoms with E-state index in [1.165, 1.54) is 0 Å². The van der Waals surface area contributed by atoms with E-state index < -0.39 is 6.04 Å². The van der Waals surface area contributed by atoms with Gasteiger partial charge in [0.1, 0.15) is 11.8 Å². The van der Waals surface area contributed by atoms with Gasteiger partial charge in [-0.2, -0.15) is 0 Å². The van der Waals surface area contributed by atoms with Crippen molar-refractivity contribution < 1.29 is 14.3 Å². The van der Waals surface area contributed by atoms with E-state index in [0.29, 0.717) is 23.7 Å². The molecule has 1 saturated carbocycles. The van der Waals surface area contributed by atoms with Gasteiger partial charge < -0.3 is 15.0 Å². The van der Waals surface area contributed by atoms with E-state index in [1.54, 1.807) is 29.2 Å². The molecule has 0 unspecified atom stereocenters. The highest BCUT2D eigenvalue weighted by Gasteiger charge is 2.30. The lowest BCUT2D eigenvalue weighted by Crippen LogP contribution is -2.52. The molecule has 1 aliphatic carbocycles. The zero-order valence-corrected chi connectivity index (χ0v) is 18.1. The van der Waals surface area contributed by atoms with Crippen molar-refractivity contribution in [3.63, 3.8) is 0 Å². The number of benzene rings is 2. The molecule has 3 rings (SSSR count). The minimum absolute atomic E-state index is 0.0913. The average molecular weight is 429 g/mol. The van der Waals surface area contributed by atoms with Crippen molar-refractivity contribution in [2.75, 3.05) is 6.61 Å². The second-order valence-corrected chi connectivity index (χ2v) is 8.10. The molecule has 6 heteroatoms. The fourth-order valence-electron chi connectivity index (χ4n) is 3.82. The van der Waals surface area contributed by atoms with Crippen molar-refractivity contribution >= 4 is 23.4 Å². The van der Waals surface area contributed by atoms with E-state index in [0.717, 1.165) is 31.2 Å². The van der Waals surface area contributed by atoms with Crippen molar-refractivity contribution in [3.8, 4) is 5.75 Å². The summed E-state index contributed by atoms with van der Waals surface area (Å²) in [6.45, 7) is 2.13. The first-order valence-corrected chi connectivity index (χ1v) is 11.0. The second kappa shape index (κ2) is 11.0. The van der Waals surface area contributed by atoms with E-state index in [1.807, 2.05) is 37.3 Å². The van der Waals surface area contributed by atoms with Crippen LogP contribution in [0.2, 0.25) is 5.02 Å². The van der Waals surface area contributed by atoms with Crippen LogP contribution in [0.4, 0.5) is 0 Å². The Hall–Kier alpha value is -2.53. The fourth-order valence-corrected chi connectivity index (χ4v) is 3.94. The number of ether oxygens (including phenoxy) is 1. The lowest BCUT2D eigenvalue weighted by atomic mass is 10.1. The lowest BCUT2D eigenvalue weighted by molar-refractivity contribution is -0.143. The standard InChI is InChI=1S/C24H29ClN2O3/c1-2-22(24(29)26-20-8-6-7-9-20)27(16-18-12-14-19(25)15-13-18)23(28)17-30-21-10-4-3-5-11-21/h3-5,10-15,20,22H,2,6-9,16-17H2,1H3,(H,26,29)/t22-/m1/s1. The summed E-state index contributed by atoms with van der Waals surface area (Å²) in [5.41, 5.74) is 0.916. The van der Waals surface area contributed by atoms with Gasteiger partial charge in [-0.25, -0.2) is 0 Å². The molecule has 0 radical (unpaired) electrons. The molecule has 0 saturated heterocycles. The monoisotopic (exact) mass is 428 g/mol. The molecule has 1 aliphatic rings. The summed E-state index contributed by atoms with van der Waals surface area (Å²) >= 11 is 6.00. The highest BCUT2D eigenvalue weighted by molar-refractivity contribution is 6.30.